The lowest BCUT2D eigenvalue weighted by molar-refractivity contribution is -0.123. The maximum absolute atomic E-state index is 12.8. The molecule has 1 saturated carbocycles. The van der Waals surface area contributed by atoms with Crippen molar-refractivity contribution >= 4 is 35.8 Å². The topological polar surface area (TPSA) is 101 Å². The molecule has 0 bridgehead atoms. The number of aromatic amines is 1. The SMILES string of the molecule is COc1ccccc1C(=O)NC(CCSC)C(=O)NCc1n[nH]c(=S)n1C1CC1. The Morgan fingerprint density at radius 1 is 1.41 bits per heavy atom. The molecule has 1 heterocycles. The average molecular weight is 436 g/mol. The molecular weight excluding hydrogens is 410 g/mol. The van der Waals surface area contributed by atoms with E-state index in [1.54, 1.807) is 36.0 Å². The zero-order valence-corrected chi connectivity index (χ0v) is 18.1. The van der Waals surface area contributed by atoms with Crippen LogP contribution in [0.25, 0.3) is 0 Å². The van der Waals surface area contributed by atoms with E-state index in [0.717, 1.165) is 18.6 Å². The van der Waals surface area contributed by atoms with Crippen LogP contribution in [0.5, 0.6) is 5.75 Å². The first-order chi connectivity index (χ1) is 14.0. The highest BCUT2D eigenvalue weighted by Gasteiger charge is 2.28. The fourth-order valence-electron chi connectivity index (χ4n) is 3.03. The van der Waals surface area contributed by atoms with Crippen molar-refractivity contribution in [2.24, 2.45) is 0 Å². The van der Waals surface area contributed by atoms with Gasteiger partial charge in [0.15, 0.2) is 10.6 Å². The van der Waals surface area contributed by atoms with Crippen molar-refractivity contribution in [3.8, 4) is 5.75 Å². The number of amides is 2. The zero-order chi connectivity index (χ0) is 20.8. The summed E-state index contributed by atoms with van der Waals surface area (Å²) in [7, 11) is 1.51. The fraction of sp³-hybridized carbons (Fsp3) is 0.474. The number of nitrogens with zero attached hydrogens (tertiary/aromatic N) is 2. The Balaban J connectivity index is 1.66. The van der Waals surface area contributed by atoms with Crippen LogP contribution in [0.3, 0.4) is 0 Å². The number of ether oxygens (including phenoxy) is 1. The second-order valence-corrected chi connectivity index (χ2v) is 8.14. The standard InChI is InChI=1S/C19H25N5O3S2/c1-27-15-6-4-3-5-13(15)17(25)21-14(9-10-29-2)18(26)20-11-16-22-23-19(28)24(16)12-7-8-12/h3-6,12,14H,7-11H2,1-2H3,(H,20,26)(H,21,25)(H,23,28). The monoisotopic (exact) mass is 435 g/mol. The van der Waals surface area contributed by atoms with Crippen LogP contribution in [-0.2, 0) is 11.3 Å². The third-order valence-corrected chi connectivity index (χ3v) is 5.63. The van der Waals surface area contributed by atoms with Gasteiger partial charge in [0.25, 0.3) is 5.91 Å². The number of nitrogens with one attached hydrogen (secondary N) is 3. The molecule has 0 spiro atoms. The number of H-pyrrole nitrogens is 1. The molecule has 1 atom stereocenters. The second kappa shape index (κ2) is 9.93. The molecule has 0 radical (unpaired) electrons. The molecule has 2 amide bonds. The lowest BCUT2D eigenvalue weighted by Gasteiger charge is -2.19. The first-order valence-corrected chi connectivity index (χ1v) is 11.2. The maximum atomic E-state index is 12.8. The van der Waals surface area contributed by atoms with Gasteiger partial charge in [-0.3, -0.25) is 19.3 Å². The van der Waals surface area contributed by atoms with E-state index in [-0.39, 0.29) is 18.4 Å². The van der Waals surface area contributed by atoms with Gasteiger partial charge in [-0.05, 0) is 55.6 Å². The molecular formula is C19H25N5O3S2. The molecule has 1 aromatic carbocycles. The molecule has 156 valence electrons. The minimum atomic E-state index is -0.656. The Labute approximate surface area is 178 Å². The quantitative estimate of drug-likeness (QED) is 0.496. The second-order valence-electron chi connectivity index (χ2n) is 6.77. The Morgan fingerprint density at radius 2 is 2.17 bits per heavy atom. The fourth-order valence-corrected chi connectivity index (χ4v) is 3.80. The molecule has 3 rings (SSSR count). The van der Waals surface area contributed by atoms with Crippen LogP contribution in [-0.4, -0.2) is 51.7 Å². The van der Waals surface area contributed by atoms with E-state index in [1.165, 1.54) is 7.11 Å². The van der Waals surface area contributed by atoms with Crippen molar-refractivity contribution in [1.29, 1.82) is 0 Å². The van der Waals surface area contributed by atoms with Gasteiger partial charge in [-0.2, -0.15) is 16.9 Å². The lowest BCUT2D eigenvalue weighted by atomic mass is 10.1. The largest absolute Gasteiger partial charge is 0.496 e. The summed E-state index contributed by atoms with van der Waals surface area (Å²) in [4.78, 5) is 25.5. The van der Waals surface area contributed by atoms with Gasteiger partial charge in [0.1, 0.15) is 11.8 Å². The third kappa shape index (κ3) is 5.39. The van der Waals surface area contributed by atoms with Crippen molar-refractivity contribution in [2.45, 2.75) is 37.9 Å². The van der Waals surface area contributed by atoms with Gasteiger partial charge in [-0.15, -0.1) is 0 Å². The maximum Gasteiger partial charge on any atom is 0.255 e. The molecule has 1 aliphatic rings. The minimum absolute atomic E-state index is 0.251. The molecule has 1 unspecified atom stereocenters. The first-order valence-electron chi connectivity index (χ1n) is 9.41. The number of para-hydroxylation sites is 1. The summed E-state index contributed by atoms with van der Waals surface area (Å²) in [6.45, 7) is 0.253. The number of methoxy groups -OCH3 is 1. The Hall–Kier alpha value is -2.33. The Morgan fingerprint density at radius 3 is 2.86 bits per heavy atom. The number of carbonyl (C=O) groups excluding carboxylic acids is 2. The Bertz CT molecular complexity index is 923. The summed E-state index contributed by atoms with van der Waals surface area (Å²) in [6, 6.07) is 6.65. The molecule has 1 aromatic heterocycles. The molecule has 0 aliphatic heterocycles. The van der Waals surface area contributed by atoms with Gasteiger partial charge in [-0.1, -0.05) is 12.1 Å². The van der Waals surface area contributed by atoms with E-state index < -0.39 is 6.04 Å². The van der Waals surface area contributed by atoms with Crippen LogP contribution in [0, 0.1) is 4.77 Å². The highest BCUT2D eigenvalue weighted by Crippen LogP contribution is 2.35. The van der Waals surface area contributed by atoms with Crippen molar-refractivity contribution in [3.05, 3.63) is 40.4 Å². The molecule has 1 aliphatic carbocycles. The highest BCUT2D eigenvalue weighted by atomic mass is 32.2. The summed E-state index contributed by atoms with van der Waals surface area (Å²) >= 11 is 6.89. The van der Waals surface area contributed by atoms with E-state index in [4.69, 9.17) is 17.0 Å². The smallest absolute Gasteiger partial charge is 0.255 e. The van der Waals surface area contributed by atoms with E-state index in [9.17, 15) is 9.59 Å². The first kappa shape index (κ1) is 21.4. The number of hydrogen-bond acceptors (Lipinski definition) is 6. The summed E-state index contributed by atoms with van der Waals surface area (Å²) in [5.41, 5.74) is 0.395. The van der Waals surface area contributed by atoms with E-state index in [1.807, 2.05) is 10.8 Å². The third-order valence-electron chi connectivity index (χ3n) is 4.69. The van der Waals surface area contributed by atoms with E-state index in [0.29, 0.717) is 34.4 Å². The summed E-state index contributed by atoms with van der Waals surface area (Å²) in [5, 5.41) is 12.7. The summed E-state index contributed by atoms with van der Waals surface area (Å²) < 4.78 is 7.78. The van der Waals surface area contributed by atoms with Gasteiger partial charge < -0.3 is 15.4 Å². The molecule has 1 fully saturated rings. The predicted molar refractivity (Wildman–Crippen MR) is 115 cm³/mol. The molecule has 0 saturated heterocycles. The number of carbonyl (C=O) groups is 2. The molecule has 3 N–H and O–H groups in total. The van der Waals surface area contributed by atoms with Crippen LogP contribution < -0.4 is 15.4 Å². The number of thioether (sulfide) groups is 1. The minimum Gasteiger partial charge on any atom is -0.496 e. The molecule has 29 heavy (non-hydrogen) atoms. The van der Waals surface area contributed by atoms with Crippen molar-refractivity contribution in [3.63, 3.8) is 0 Å². The van der Waals surface area contributed by atoms with Crippen LogP contribution in [0.4, 0.5) is 0 Å². The van der Waals surface area contributed by atoms with Crippen molar-refractivity contribution in [2.75, 3.05) is 19.1 Å². The number of hydrogen-bond donors (Lipinski definition) is 3. The van der Waals surface area contributed by atoms with Gasteiger partial charge >= 0.3 is 0 Å². The van der Waals surface area contributed by atoms with Gasteiger partial charge in [0.05, 0.1) is 19.2 Å². The lowest BCUT2D eigenvalue weighted by Crippen LogP contribution is -2.47. The van der Waals surface area contributed by atoms with Crippen molar-refractivity contribution in [1.82, 2.24) is 25.4 Å². The van der Waals surface area contributed by atoms with Crippen molar-refractivity contribution < 1.29 is 14.3 Å². The average Bonchev–Trinajstić information content (AvgIpc) is 3.51. The molecule has 8 nitrogen and oxygen atoms in total. The number of benzene rings is 1. The van der Waals surface area contributed by atoms with E-state index in [2.05, 4.69) is 20.8 Å². The van der Waals surface area contributed by atoms with E-state index >= 15 is 0 Å². The van der Waals surface area contributed by atoms with Gasteiger partial charge in [0, 0.05) is 6.04 Å². The molecule has 10 heteroatoms. The van der Waals surface area contributed by atoms with Crippen LogP contribution >= 0.6 is 24.0 Å². The number of rotatable bonds is 10. The van der Waals surface area contributed by atoms with Gasteiger partial charge in [-0.25, -0.2) is 0 Å². The van der Waals surface area contributed by atoms with Crippen LogP contribution in [0.1, 0.15) is 41.5 Å². The highest BCUT2D eigenvalue weighted by molar-refractivity contribution is 7.98. The van der Waals surface area contributed by atoms with Gasteiger partial charge in [0.2, 0.25) is 5.91 Å². The summed E-state index contributed by atoms with van der Waals surface area (Å²) in [6.07, 6.45) is 4.62. The Kier molecular flexibility index (Phi) is 7.32. The number of aromatic nitrogens is 3. The summed E-state index contributed by atoms with van der Waals surface area (Å²) in [5.74, 6) is 1.31. The van der Waals surface area contributed by atoms with Crippen LogP contribution in [0.15, 0.2) is 24.3 Å². The normalized spacial score (nSPS) is 14.3. The molecule has 2 aromatic rings. The predicted octanol–water partition coefficient (Wildman–Crippen LogP) is 2.45. The van der Waals surface area contributed by atoms with Crippen LogP contribution in [0.2, 0.25) is 0 Å². The zero-order valence-electron chi connectivity index (χ0n) is 16.4.